The summed E-state index contributed by atoms with van der Waals surface area (Å²) in [4.78, 5) is 1.41. The third-order valence-corrected chi connectivity index (χ3v) is 13.5. The van der Waals surface area contributed by atoms with Crippen LogP contribution in [0, 0.1) is 0 Å². The molecule has 1 nitrogen and oxygen atoms in total. The number of fused-ring (bicyclic) bond motifs is 13. The molecule has 3 heteroatoms. The van der Waals surface area contributed by atoms with E-state index >= 15 is 0 Å². The zero-order valence-corrected chi connectivity index (χ0v) is 29.1. The highest BCUT2D eigenvalue weighted by Crippen LogP contribution is 2.48. The SMILES string of the molecule is C1=C(c2c3ccccc3c(-c3ccc4sc5c6cc7oc8ccccc8c7cc6ccc5c4c3)c3ccccc23)CCc2c1sc1ccccc21. The van der Waals surface area contributed by atoms with Crippen molar-refractivity contribution in [1.29, 1.82) is 0 Å². The second kappa shape index (κ2) is 10.4. The lowest BCUT2D eigenvalue weighted by Gasteiger charge is -2.21. The Kier molecular flexibility index (Phi) is 5.71. The number of rotatable bonds is 2. The van der Waals surface area contributed by atoms with Crippen LogP contribution in [0.2, 0.25) is 0 Å². The molecule has 0 unspecified atom stereocenters. The predicted molar refractivity (Wildman–Crippen MR) is 223 cm³/mol. The quantitative estimate of drug-likeness (QED) is 0.165. The summed E-state index contributed by atoms with van der Waals surface area (Å²) in [7, 11) is 0. The highest BCUT2D eigenvalue weighted by atomic mass is 32.1. The van der Waals surface area contributed by atoms with Crippen LogP contribution in [0.1, 0.15) is 22.4 Å². The van der Waals surface area contributed by atoms with Gasteiger partial charge in [0.1, 0.15) is 11.2 Å². The van der Waals surface area contributed by atoms with Gasteiger partial charge in [-0.2, -0.15) is 0 Å². The Bertz CT molecular complexity index is 3250. The summed E-state index contributed by atoms with van der Waals surface area (Å²) in [5.41, 5.74) is 8.80. The lowest BCUT2D eigenvalue weighted by atomic mass is 9.82. The molecule has 0 radical (unpaired) electrons. The molecule has 1 aliphatic carbocycles. The first kappa shape index (κ1) is 28.0. The molecule has 238 valence electrons. The molecule has 11 aromatic rings. The number of hydrogen-bond acceptors (Lipinski definition) is 3. The molecular weight excluding hydrogens is 657 g/mol. The van der Waals surface area contributed by atoms with E-state index < -0.39 is 0 Å². The molecule has 0 bridgehead atoms. The van der Waals surface area contributed by atoms with Crippen LogP contribution in [-0.4, -0.2) is 0 Å². The Balaban J connectivity index is 1.08. The lowest BCUT2D eigenvalue weighted by molar-refractivity contribution is 0.669. The zero-order chi connectivity index (χ0) is 33.2. The van der Waals surface area contributed by atoms with Crippen molar-refractivity contribution in [3.8, 4) is 11.1 Å². The summed E-state index contributed by atoms with van der Waals surface area (Å²) in [6.07, 6.45) is 4.61. The fraction of sp³-hybridized carbons (Fsp3) is 0.0417. The lowest BCUT2D eigenvalue weighted by Crippen LogP contribution is -1.99. The van der Waals surface area contributed by atoms with Gasteiger partial charge in [0, 0.05) is 45.9 Å². The molecule has 0 N–H and O–H groups in total. The van der Waals surface area contributed by atoms with Crippen LogP contribution in [0.4, 0.5) is 0 Å². The Morgan fingerprint density at radius 1 is 0.431 bits per heavy atom. The predicted octanol–water partition coefficient (Wildman–Crippen LogP) is 14.8. The first-order chi connectivity index (χ1) is 25.3. The molecule has 1 aliphatic rings. The average molecular weight is 685 g/mol. The van der Waals surface area contributed by atoms with E-state index in [4.69, 9.17) is 4.42 Å². The maximum atomic E-state index is 6.33. The minimum absolute atomic E-state index is 0.940. The highest BCUT2D eigenvalue weighted by molar-refractivity contribution is 7.26. The van der Waals surface area contributed by atoms with Crippen LogP contribution < -0.4 is 0 Å². The first-order valence-electron chi connectivity index (χ1n) is 17.6. The van der Waals surface area contributed by atoms with Crippen molar-refractivity contribution in [2.45, 2.75) is 12.8 Å². The summed E-state index contributed by atoms with van der Waals surface area (Å²) in [5, 5.41) is 14.2. The van der Waals surface area contributed by atoms with Crippen LogP contribution in [0.15, 0.2) is 144 Å². The molecule has 8 aromatic carbocycles. The van der Waals surface area contributed by atoms with E-state index in [-0.39, 0.29) is 0 Å². The van der Waals surface area contributed by atoms with Gasteiger partial charge in [0.25, 0.3) is 0 Å². The van der Waals surface area contributed by atoms with E-state index in [2.05, 4.69) is 140 Å². The van der Waals surface area contributed by atoms with Crippen LogP contribution in [0.3, 0.4) is 0 Å². The second-order valence-corrected chi connectivity index (χ2v) is 16.0. The third-order valence-electron chi connectivity index (χ3n) is 11.2. The fourth-order valence-corrected chi connectivity index (χ4v) is 11.3. The molecule has 51 heavy (non-hydrogen) atoms. The van der Waals surface area contributed by atoms with Gasteiger partial charge in [-0.25, -0.2) is 0 Å². The fourth-order valence-electron chi connectivity index (χ4n) is 8.90. The number of aryl methyl sites for hydroxylation is 1. The molecule has 0 saturated heterocycles. The monoisotopic (exact) mass is 684 g/mol. The van der Waals surface area contributed by atoms with Gasteiger partial charge in [-0.1, -0.05) is 103 Å². The number of hydrogen-bond donors (Lipinski definition) is 0. The van der Waals surface area contributed by atoms with Gasteiger partial charge in [0.2, 0.25) is 0 Å². The van der Waals surface area contributed by atoms with Crippen LogP contribution in [-0.2, 0) is 6.42 Å². The largest absolute Gasteiger partial charge is 0.456 e. The number of benzene rings is 8. The van der Waals surface area contributed by atoms with E-state index in [9.17, 15) is 0 Å². The van der Waals surface area contributed by atoms with Gasteiger partial charge in [-0.15, -0.1) is 22.7 Å². The summed E-state index contributed by atoms with van der Waals surface area (Å²) < 4.78 is 10.3. The third kappa shape index (κ3) is 3.96. The Labute approximate surface area is 301 Å². The van der Waals surface area contributed by atoms with Crippen LogP contribution in [0.5, 0.6) is 0 Å². The molecule has 0 amide bonds. The average Bonchev–Trinajstić information content (AvgIpc) is 3.86. The Morgan fingerprint density at radius 3 is 1.92 bits per heavy atom. The van der Waals surface area contributed by atoms with E-state index in [1.54, 1.807) is 0 Å². The van der Waals surface area contributed by atoms with Crippen molar-refractivity contribution < 1.29 is 4.42 Å². The van der Waals surface area contributed by atoms with Gasteiger partial charge in [0.15, 0.2) is 0 Å². The van der Waals surface area contributed by atoms with Gasteiger partial charge in [0.05, 0.1) is 0 Å². The molecule has 0 saturated carbocycles. The van der Waals surface area contributed by atoms with Crippen molar-refractivity contribution in [1.82, 2.24) is 0 Å². The summed E-state index contributed by atoms with van der Waals surface area (Å²) >= 11 is 3.82. The maximum Gasteiger partial charge on any atom is 0.136 e. The second-order valence-electron chi connectivity index (χ2n) is 13.9. The Morgan fingerprint density at radius 2 is 1.12 bits per heavy atom. The van der Waals surface area contributed by atoms with E-state index in [0.29, 0.717) is 0 Å². The van der Waals surface area contributed by atoms with Gasteiger partial charge < -0.3 is 4.42 Å². The minimum Gasteiger partial charge on any atom is -0.456 e. The number of para-hydroxylation sites is 1. The number of thiophene rings is 2. The van der Waals surface area contributed by atoms with Crippen molar-refractivity contribution in [3.05, 3.63) is 156 Å². The minimum atomic E-state index is 0.940. The van der Waals surface area contributed by atoms with Gasteiger partial charge in [-0.05, 0) is 115 Å². The maximum absolute atomic E-state index is 6.33. The Hall–Kier alpha value is -5.74. The number of allylic oxidation sites excluding steroid dienone is 1. The molecule has 3 aromatic heterocycles. The smallest absolute Gasteiger partial charge is 0.136 e. The molecule has 0 fully saturated rings. The molecule has 0 atom stereocenters. The molecule has 0 aliphatic heterocycles. The topological polar surface area (TPSA) is 13.1 Å². The number of furan rings is 1. The van der Waals surface area contributed by atoms with E-state index in [0.717, 1.165) is 24.0 Å². The van der Waals surface area contributed by atoms with Gasteiger partial charge in [-0.3, -0.25) is 0 Å². The van der Waals surface area contributed by atoms with Crippen molar-refractivity contribution in [3.63, 3.8) is 0 Å². The zero-order valence-electron chi connectivity index (χ0n) is 27.5. The molecule has 0 spiro atoms. The first-order valence-corrected chi connectivity index (χ1v) is 19.3. The van der Waals surface area contributed by atoms with Crippen molar-refractivity contribution >= 4 is 119 Å². The summed E-state index contributed by atoms with van der Waals surface area (Å²) in [6.45, 7) is 0. The standard InChI is InChI=1S/C48H28OS2/c1-3-13-35-33(11-1)46(34-12-2-4-14-36(34)47(35)29-18-20-32-31-10-6-8-16-43(31)50-45(32)25-29)28-19-22-44-40(24-28)37-21-17-27-23-39-30-9-5-7-15-41(30)49-42(39)26-38(27)48(37)51-44/h1-17,19,21-26H,18,20H2. The van der Waals surface area contributed by atoms with Crippen LogP contribution >= 0.6 is 22.7 Å². The molecular formula is C48H28OS2. The highest BCUT2D eigenvalue weighted by Gasteiger charge is 2.23. The molecule has 3 heterocycles. The normalized spacial score (nSPS) is 13.5. The van der Waals surface area contributed by atoms with Crippen molar-refractivity contribution in [2.24, 2.45) is 0 Å². The summed E-state index contributed by atoms with van der Waals surface area (Å²) in [5.74, 6) is 0. The summed E-state index contributed by atoms with van der Waals surface area (Å²) in [6, 6.07) is 51.7. The van der Waals surface area contributed by atoms with Crippen molar-refractivity contribution in [2.75, 3.05) is 0 Å². The van der Waals surface area contributed by atoms with E-state index in [1.165, 1.54) is 106 Å². The van der Waals surface area contributed by atoms with E-state index in [1.807, 2.05) is 28.7 Å². The molecule has 12 rings (SSSR count). The van der Waals surface area contributed by atoms with Crippen LogP contribution in [0.25, 0.3) is 107 Å². The van der Waals surface area contributed by atoms with Gasteiger partial charge >= 0.3 is 0 Å².